The lowest BCUT2D eigenvalue weighted by molar-refractivity contribution is -0.161. The quantitative estimate of drug-likeness (QED) is 0.0146. The number of rotatable bonds is 85. The molecular weight excluding hydrogens is 1460 g/mol. The molecule has 4 N–H and O–H groups in total. The van der Waals surface area contributed by atoms with Crippen LogP contribution >= 0.6 is 15.6 Å². The molecule has 16 nitrogen and oxygen atoms in total. The number of unbranched alkanes of at least 4 members (excludes halogenated alkanes) is 38. The van der Waals surface area contributed by atoms with E-state index in [0.29, 0.717) is 19.3 Å². The Kier molecular flexibility index (Phi) is 83.3. The predicted octanol–water partition coefficient (Wildman–Crippen LogP) is 27.6. The van der Waals surface area contributed by atoms with Gasteiger partial charge in [0.2, 0.25) is 0 Å². The number of aliphatic hydroxyl groups is 2. The average molecular weight is 1620 g/mol. The molecule has 0 aliphatic carbocycles. The van der Waals surface area contributed by atoms with Crippen molar-refractivity contribution in [3.8, 4) is 0 Å². The summed E-state index contributed by atoms with van der Waals surface area (Å²) in [7, 11) is -9.79. The van der Waals surface area contributed by atoms with E-state index in [0.717, 1.165) is 154 Å². The Morgan fingerprint density at radius 3 is 0.752 bits per heavy atom. The molecule has 0 radical (unpaired) electrons. The van der Waals surface area contributed by atoms with Gasteiger partial charge in [0, 0.05) is 19.3 Å². The summed E-state index contributed by atoms with van der Waals surface area (Å²) in [6.45, 7) is 2.44. The van der Waals surface area contributed by atoms with Crippen molar-refractivity contribution in [2.45, 2.75) is 399 Å². The van der Waals surface area contributed by atoms with Crippen molar-refractivity contribution >= 4 is 33.6 Å². The molecule has 0 rings (SSSR count). The third-order valence-electron chi connectivity index (χ3n) is 19.0. The van der Waals surface area contributed by atoms with Gasteiger partial charge < -0.3 is 34.2 Å². The summed E-state index contributed by atoms with van der Waals surface area (Å²) in [5, 5.41) is 20.7. The van der Waals surface area contributed by atoms with Crippen molar-refractivity contribution < 1.29 is 75.8 Å². The Morgan fingerprint density at radius 2 is 0.469 bits per heavy atom. The van der Waals surface area contributed by atoms with Gasteiger partial charge in [0.25, 0.3) is 0 Å². The van der Waals surface area contributed by atoms with Crippen LogP contribution in [0.2, 0.25) is 0 Å². The molecular formula is C95H164O16P2. The highest BCUT2D eigenvalue weighted by atomic mass is 31.2. The van der Waals surface area contributed by atoms with Crippen molar-refractivity contribution in [3.63, 3.8) is 0 Å². The number of hydrogen-bond acceptors (Lipinski definition) is 14. The number of esters is 3. The molecule has 0 fully saturated rings. The fourth-order valence-corrected chi connectivity index (χ4v) is 13.8. The minimum atomic E-state index is -4.93. The SMILES string of the molecule is CC/C=C\C/C=C\C/C=C\C/C=C\C/C=C\C/C=C\CCCCCCCCCCCCCCCCC(=O)OCC(O)COP(=O)(O)OCC(O)COP(=O)(O)OCC(COC(=O)CCCCCCCCCCCCCCCCCCC/C=C\C/C=C\C/C=C\C/C=C\C/C=C\CC)OC(=O)CCCCCCC/C=C\CCCC. The van der Waals surface area contributed by atoms with Crippen LogP contribution in [0.3, 0.4) is 0 Å². The van der Waals surface area contributed by atoms with Gasteiger partial charge in [-0.15, -0.1) is 0 Å². The molecule has 0 heterocycles. The van der Waals surface area contributed by atoms with Crippen LogP contribution in [-0.2, 0) is 55.8 Å². The fourth-order valence-electron chi connectivity index (χ4n) is 12.2. The fraction of sp³-hybridized carbons (Fsp3) is 0.716. The first-order chi connectivity index (χ1) is 55.2. The number of phosphoric acid groups is 2. The van der Waals surface area contributed by atoms with E-state index in [9.17, 15) is 43.5 Å². The second kappa shape index (κ2) is 86.8. The van der Waals surface area contributed by atoms with E-state index in [-0.39, 0.29) is 19.3 Å². The van der Waals surface area contributed by atoms with Gasteiger partial charge in [-0.2, -0.15) is 0 Å². The van der Waals surface area contributed by atoms with Crippen LogP contribution in [0.4, 0.5) is 0 Å². The van der Waals surface area contributed by atoms with Gasteiger partial charge in [0.1, 0.15) is 25.4 Å². The first kappa shape index (κ1) is 108. The van der Waals surface area contributed by atoms with Crippen LogP contribution in [0, 0.1) is 0 Å². The minimum absolute atomic E-state index is 0.0945. The van der Waals surface area contributed by atoms with Crippen molar-refractivity contribution in [2.75, 3.05) is 39.6 Å². The van der Waals surface area contributed by atoms with Gasteiger partial charge in [-0.25, -0.2) is 9.13 Å². The number of hydrogen-bond donors (Lipinski definition) is 4. The molecule has 0 spiro atoms. The average Bonchev–Trinajstić information content (AvgIpc) is 0.902. The third-order valence-corrected chi connectivity index (χ3v) is 20.9. The lowest BCUT2D eigenvalue weighted by atomic mass is 10.0. The Hall–Kier alpha value is -4.57. The van der Waals surface area contributed by atoms with Gasteiger partial charge in [-0.1, -0.05) is 372 Å². The first-order valence-corrected chi connectivity index (χ1v) is 48.1. The molecule has 18 heteroatoms. The number of ether oxygens (including phenoxy) is 3. The van der Waals surface area contributed by atoms with Gasteiger partial charge >= 0.3 is 33.6 Å². The molecule has 0 aromatic heterocycles. The number of aliphatic hydroxyl groups excluding tert-OH is 2. The zero-order chi connectivity index (χ0) is 82.2. The van der Waals surface area contributed by atoms with Crippen LogP contribution in [0.15, 0.2) is 146 Å². The summed E-state index contributed by atoms with van der Waals surface area (Å²) >= 11 is 0. The van der Waals surface area contributed by atoms with Crippen molar-refractivity contribution in [3.05, 3.63) is 146 Å². The van der Waals surface area contributed by atoms with Crippen LogP contribution in [-0.4, -0.2) is 95.9 Å². The van der Waals surface area contributed by atoms with Crippen molar-refractivity contribution in [2.24, 2.45) is 0 Å². The van der Waals surface area contributed by atoms with E-state index in [4.69, 9.17) is 32.3 Å². The maximum Gasteiger partial charge on any atom is 0.472 e. The zero-order valence-corrected chi connectivity index (χ0v) is 73.3. The molecule has 0 aromatic rings. The van der Waals surface area contributed by atoms with Crippen molar-refractivity contribution in [1.29, 1.82) is 0 Å². The van der Waals surface area contributed by atoms with Crippen LogP contribution in [0.1, 0.15) is 380 Å². The van der Waals surface area contributed by atoms with Gasteiger partial charge in [-0.3, -0.25) is 32.5 Å². The Morgan fingerprint density at radius 1 is 0.257 bits per heavy atom. The molecule has 0 amide bonds. The van der Waals surface area contributed by atoms with E-state index in [1.807, 2.05) is 0 Å². The largest absolute Gasteiger partial charge is 0.472 e. The minimum Gasteiger partial charge on any atom is -0.463 e. The highest BCUT2D eigenvalue weighted by Crippen LogP contribution is 2.45. The lowest BCUT2D eigenvalue weighted by Crippen LogP contribution is -2.30. The molecule has 0 aliphatic rings. The Labute approximate surface area is 689 Å². The molecule has 0 saturated heterocycles. The summed E-state index contributed by atoms with van der Waals surface area (Å²) in [4.78, 5) is 58.7. The molecule has 0 saturated carbocycles. The first-order valence-electron chi connectivity index (χ1n) is 45.1. The van der Waals surface area contributed by atoms with E-state index < -0.39 is 91.5 Å². The number of allylic oxidation sites excluding steroid dienone is 24. The van der Waals surface area contributed by atoms with E-state index in [1.165, 1.54) is 167 Å². The Balaban J connectivity index is 4.34. The standard InChI is InChI=1S/C95H164O16P2/c1-4-7-10-13-16-19-22-24-26-28-30-32-34-36-38-40-42-44-46-48-50-52-54-56-58-60-62-64-67-69-72-75-78-81-93(98)105-84-90(96)85-107-112(101,102)108-86-91(97)87-109-113(103,104)110-89-92(111-95(100)83-80-77-74-71-66-21-18-15-12-9-6-3)88-106-94(99)82-79-76-73-70-68-65-63-61-59-57-55-53-51-49-47-45-43-41-39-37-35-33-31-29-27-25-23-20-17-14-11-8-5-2/h7-8,10-11,15-20,24-27,30-33,36-39,42,44,90-92,96-97H,4-6,9,12-14,21-23,28-29,34-35,40-41,43,45-89H2,1-3H3,(H,101,102)(H,103,104)/b10-7-,11-8-,18-15-,19-16-,20-17-,26-24-,27-25-,32-30-,33-31-,38-36-,39-37-,44-42-. The second-order valence-electron chi connectivity index (χ2n) is 30.0. The maximum absolute atomic E-state index is 13.0. The lowest BCUT2D eigenvalue weighted by Gasteiger charge is -2.21. The molecule has 113 heavy (non-hydrogen) atoms. The monoisotopic (exact) mass is 1620 g/mol. The van der Waals surface area contributed by atoms with E-state index in [1.54, 1.807) is 0 Å². The summed E-state index contributed by atoms with van der Waals surface area (Å²) < 4.78 is 61.3. The summed E-state index contributed by atoms with van der Waals surface area (Å²) in [5.74, 6) is -1.57. The smallest absolute Gasteiger partial charge is 0.463 e. The van der Waals surface area contributed by atoms with Gasteiger partial charge in [0.05, 0.1) is 26.4 Å². The summed E-state index contributed by atoms with van der Waals surface area (Å²) in [6, 6.07) is 0. The number of carbonyl (C=O) groups is 3. The zero-order valence-electron chi connectivity index (χ0n) is 71.5. The normalized spacial score (nSPS) is 14.5. The van der Waals surface area contributed by atoms with E-state index >= 15 is 0 Å². The number of phosphoric ester groups is 2. The van der Waals surface area contributed by atoms with Crippen LogP contribution < -0.4 is 0 Å². The van der Waals surface area contributed by atoms with Crippen molar-refractivity contribution in [1.82, 2.24) is 0 Å². The molecule has 5 atom stereocenters. The maximum atomic E-state index is 13.0. The summed E-state index contributed by atoms with van der Waals surface area (Å²) in [6.07, 6.45) is 109. The Bertz CT molecular complexity index is 2630. The topological polar surface area (TPSA) is 231 Å². The highest BCUT2D eigenvalue weighted by Gasteiger charge is 2.29. The summed E-state index contributed by atoms with van der Waals surface area (Å²) in [5.41, 5.74) is 0. The second-order valence-corrected chi connectivity index (χ2v) is 32.9. The molecule has 0 bridgehead atoms. The third kappa shape index (κ3) is 88.1. The molecule has 0 aliphatic heterocycles. The molecule has 5 unspecified atom stereocenters. The van der Waals surface area contributed by atoms with Gasteiger partial charge in [-0.05, 0) is 135 Å². The molecule has 0 aromatic carbocycles. The highest BCUT2D eigenvalue weighted by molar-refractivity contribution is 7.47. The van der Waals surface area contributed by atoms with Crippen LogP contribution in [0.5, 0.6) is 0 Å². The van der Waals surface area contributed by atoms with Gasteiger partial charge in [0.15, 0.2) is 6.10 Å². The van der Waals surface area contributed by atoms with E-state index in [2.05, 4.69) is 167 Å². The predicted molar refractivity (Wildman–Crippen MR) is 473 cm³/mol. The molecule has 650 valence electrons. The van der Waals surface area contributed by atoms with Crippen LogP contribution in [0.25, 0.3) is 0 Å². The number of carbonyl (C=O) groups excluding carboxylic acids is 3.